The number of Topliss-reactive ketones (excluding diaryl/α,β-unsaturated/α-hetero) is 1. The van der Waals surface area contributed by atoms with E-state index in [4.69, 9.17) is 16.2 Å². The first-order chi connectivity index (χ1) is 23.9. The molecule has 2 bridgehead atoms. The zero-order valence-corrected chi connectivity index (χ0v) is 31.8. The van der Waals surface area contributed by atoms with Crippen LogP contribution in [0.25, 0.3) is 0 Å². The molecule has 4 aliphatic carbocycles. The molecule has 4 aliphatic rings. The van der Waals surface area contributed by atoms with Crippen molar-refractivity contribution in [3.05, 3.63) is 35.4 Å². The van der Waals surface area contributed by atoms with E-state index in [1.54, 1.807) is 11.8 Å². The van der Waals surface area contributed by atoms with Crippen LogP contribution < -0.4 is 22.1 Å². The Kier molecular flexibility index (Phi) is 13.2. The lowest BCUT2D eigenvalue weighted by Crippen LogP contribution is -2.63. The van der Waals surface area contributed by atoms with Crippen molar-refractivity contribution in [1.82, 2.24) is 10.6 Å². The number of hydrogen-bond donors (Lipinski definition) is 5. The van der Waals surface area contributed by atoms with Crippen molar-refractivity contribution in [3.8, 4) is 0 Å². The highest BCUT2D eigenvalue weighted by atomic mass is 32.2. The van der Waals surface area contributed by atoms with Crippen LogP contribution in [0.4, 0.5) is 0 Å². The number of ketones is 1. The number of rotatable bonds is 14. The monoisotopic (exact) mass is 712 g/mol. The van der Waals surface area contributed by atoms with E-state index in [9.17, 15) is 19.5 Å². The number of carbonyl (C=O) groups excluding carboxylic acids is 3. The summed E-state index contributed by atoms with van der Waals surface area (Å²) in [5, 5.41) is 19.0. The van der Waals surface area contributed by atoms with E-state index in [2.05, 4.69) is 62.6 Å². The summed E-state index contributed by atoms with van der Waals surface area (Å²) in [6, 6.07) is 8.69. The van der Waals surface area contributed by atoms with Crippen molar-refractivity contribution < 1.29 is 24.2 Å². The van der Waals surface area contributed by atoms with Gasteiger partial charge in [-0.25, -0.2) is 0 Å². The number of carbonyl (C=O) groups is 3. The van der Waals surface area contributed by atoms with Gasteiger partial charge in [0.1, 0.15) is 11.9 Å². The summed E-state index contributed by atoms with van der Waals surface area (Å²) < 4.78 is 6.62. The number of amides is 1. The molecule has 0 aromatic heterocycles. The lowest BCUT2D eigenvalue weighted by Gasteiger charge is -2.62. The van der Waals surface area contributed by atoms with Crippen LogP contribution in [-0.4, -0.2) is 72.2 Å². The number of nitrogens with two attached hydrogens (primary N) is 2. The van der Waals surface area contributed by atoms with E-state index in [0.717, 1.165) is 70.9 Å². The molecule has 0 saturated heterocycles. The highest BCUT2D eigenvalue weighted by molar-refractivity contribution is 8.00. The molecule has 50 heavy (non-hydrogen) atoms. The Labute approximate surface area is 304 Å². The molecule has 4 saturated carbocycles. The average Bonchev–Trinajstić information content (AvgIpc) is 3.48. The Morgan fingerprint density at radius 3 is 2.40 bits per heavy atom. The Morgan fingerprint density at radius 1 is 1.02 bits per heavy atom. The predicted molar refractivity (Wildman–Crippen MR) is 200 cm³/mol. The molecular weight excluding hydrogens is 649 g/mol. The molecule has 280 valence electrons. The zero-order valence-electron chi connectivity index (χ0n) is 31.0. The van der Waals surface area contributed by atoms with Gasteiger partial charge in [0, 0.05) is 49.2 Å². The van der Waals surface area contributed by atoms with Crippen LogP contribution in [0.3, 0.4) is 0 Å². The number of aliphatic hydroxyl groups is 1. The van der Waals surface area contributed by atoms with Gasteiger partial charge in [-0.2, -0.15) is 0 Å². The first kappa shape index (κ1) is 39.2. The molecule has 0 radical (unpaired) electrons. The maximum atomic E-state index is 13.9. The maximum absolute atomic E-state index is 13.9. The molecule has 0 aliphatic heterocycles. The lowest BCUT2D eigenvalue weighted by atomic mass is 9.43. The average molecular weight is 713 g/mol. The van der Waals surface area contributed by atoms with Crippen molar-refractivity contribution in [2.24, 2.45) is 51.4 Å². The number of hydrogen-bond acceptors (Lipinski definition) is 9. The second kappa shape index (κ2) is 16.8. The molecule has 7 N–H and O–H groups in total. The van der Waals surface area contributed by atoms with E-state index < -0.39 is 23.0 Å². The van der Waals surface area contributed by atoms with Crippen molar-refractivity contribution in [2.45, 2.75) is 122 Å². The SMILES string of the molecule is C[C@@H]1CC[C@@]23CCC(=O)C2[C@]1(C)[C@H](OC(=O)CSC1CCC(CNC(=O)CN)CC1)C[C@](C)(CCc1ccc(CNCCN)cc1)[C@@H](O)[C@@H]3C. The summed E-state index contributed by atoms with van der Waals surface area (Å²) in [5.74, 6) is 0.668. The Morgan fingerprint density at radius 2 is 1.72 bits per heavy atom. The highest BCUT2D eigenvalue weighted by Crippen LogP contribution is 2.68. The normalized spacial score (nSPS) is 37.0. The van der Waals surface area contributed by atoms with Crippen molar-refractivity contribution in [3.63, 3.8) is 0 Å². The van der Waals surface area contributed by atoms with E-state index >= 15 is 0 Å². The highest BCUT2D eigenvalue weighted by Gasteiger charge is 2.68. The van der Waals surface area contributed by atoms with Gasteiger partial charge in [0.05, 0.1) is 18.4 Å². The van der Waals surface area contributed by atoms with Gasteiger partial charge in [-0.15, -0.1) is 11.8 Å². The maximum Gasteiger partial charge on any atom is 0.316 e. The lowest BCUT2D eigenvalue weighted by molar-refractivity contribution is -0.211. The third kappa shape index (κ3) is 8.30. The number of benzene rings is 1. The second-order valence-electron chi connectivity index (χ2n) is 16.8. The number of aryl methyl sites for hydroxylation is 1. The molecule has 1 amide bonds. The smallest absolute Gasteiger partial charge is 0.316 e. The Hall–Kier alpha value is -1.98. The number of esters is 1. The largest absolute Gasteiger partial charge is 0.461 e. The fraction of sp³-hybridized carbons (Fsp3) is 0.775. The quantitative estimate of drug-likeness (QED) is 0.136. The summed E-state index contributed by atoms with van der Waals surface area (Å²) in [4.78, 5) is 39.3. The zero-order chi connectivity index (χ0) is 36.1. The first-order valence-corrected chi connectivity index (χ1v) is 20.4. The van der Waals surface area contributed by atoms with E-state index in [-0.39, 0.29) is 53.1 Å². The van der Waals surface area contributed by atoms with Gasteiger partial charge in [-0.05, 0) is 104 Å². The van der Waals surface area contributed by atoms with Crippen LogP contribution in [0.2, 0.25) is 0 Å². The van der Waals surface area contributed by atoms with Gasteiger partial charge in [0.2, 0.25) is 5.91 Å². The van der Waals surface area contributed by atoms with E-state index in [1.807, 2.05) is 0 Å². The Balaban J connectivity index is 1.31. The molecule has 8 atom stereocenters. The standard InChI is InChI=1S/C40H64N4O5S/c1-26-13-17-40-18-15-32(45)36(40)39(26,4)33(49-35(47)25-50-31-11-9-30(10-12-31)24-44-34(46)22-42)21-38(3,37(48)27(40)2)16-14-28-5-7-29(8-6-28)23-43-20-19-41/h5-8,26-27,30-31,33,36-37,43,48H,9-25,41-42H2,1-4H3,(H,44,46)/t26-,27+,30?,31?,33-,36?,37+,38+,39+,40+/m1/s1. The van der Waals surface area contributed by atoms with Crippen LogP contribution in [0, 0.1) is 39.9 Å². The fourth-order valence-electron chi connectivity index (χ4n) is 10.4. The fourth-order valence-corrected chi connectivity index (χ4v) is 11.4. The van der Waals surface area contributed by atoms with Crippen molar-refractivity contribution >= 4 is 29.4 Å². The van der Waals surface area contributed by atoms with Crippen LogP contribution in [0.5, 0.6) is 0 Å². The molecule has 4 fully saturated rings. The number of aliphatic hydroxyl groups excluding tert-OH is 1. The summed E-state index contributed by atoms with van der Waals surface area (Å²) in [6.07, 6.45) is 8.35. The third-order valence-corrected chi connectivity index (χ3v) is 15.2. The molecule has 5 rings (SSSR count). The van der Waals surface area contributed by atoms with E-state index in [1.165, 1.54) is 11.1 Å². The van der Waals surface area contributed by atoms with Crippen LogP contribution in [0.15, 0.2) is 24.3 Å². The van der Waals surface area contributed by atoms with Gasteiger partial charge in [-0.3, -0.25) is 14.4 Å². The van der Waals surface area contributed by atoms with Gasteiger partial charge < -0.3 is 31.9 Å². The van der Waals surface area contributed by atoms with Gasteiger partial charge in [0.15, 0.2) is 0 Å². The first-order valence-electron chi connectivity index (χ1n) is 19.3. The summed E-state index contributed by atoms with van der Waals surface area (Å²) in [7, 11) is 0. The molecule has 9 nitrogen and oxygen atoms in total. The number of nitrogens with one attached hydrogen (secondary N) is 2. The summed E-state index contributed by atoms with van der Waals surface area (Å²) in [5.41, 5.74) is 12.2. The van der Waals surface area contributed by atoms with Crippen LogP contribution in [0.1, 0.15) is 103 Å². The van der Waals surface area contributed by atoms with E-state index in [0.29, 0.717) is 37.1 Å². The molecular formula is C40H64N4O5S. The third-order valence-electron chi connectivity index (χ3n) is 13.8. The van der Waals surface area contributed by atoms with Crippen molar-refractivity contribution in [2.75, 3.05) is 31.9 Å². The molecule has 0 spiro atoms. The van der Waals surface area contributed by atoms with Gasteiger partial charge in [0.25, 0.3) is 0 Å². The molecule has 0 heterocycles. The minimum atomic E-state index is -0.617. The second-order valence-corrected chi connectivity index (χ2v) is 18.0. The minimum Gasteiger partial charge on any atom is -0.461 e. The van der Waals surface area contributed by atoms with Gasteiger partial charge >= 0.3 is 5.97 Å². The number of thioether (sulfide) groups is 1. The minimum absolute atomic E-state index is 0.0152. The molecule has 1 unspecified atom stereocenters. The van der Waals surface area contributed by atoms with Crippen LogP contribution >= 0.6 is 11.8 Å². The molecule has 10 heteroatoms. The van der Waals surface area contributed by atoms with Crippen molar-refractivity contribution in [1.29, 1.82) is 0 Å². The number of ether oxygens (including phenoxy) is 1. The molecule has 1 aromatic carbocycles. The molecule has 1 aromatic rings. The topological polar surface area (TPSA) is 157 Å². The van der Waals surface area contributed by atoms with Crippen LogP contribution in [-0.2, 0) is 32.1 Å². The Bertz CT molecular complexity index is 1320. The summed E-state index contributed by atoms with van der Waals surface area (Å²) >= 11 is 1.68. The van der Waals surface area contributed by atoms with Gasteiger partial charge in [-0.1, -0.05) is 52.0 Å². The predicted octanol–water partition coefficient (Wildman–Crippen LogP) is 4.75. The summed E-state index contributed by atoms with van der Waals surface area (Å²) in [6.45, 7) is 11.7.